The molecule has 0 bridgehead atoms. The average Bonchev–Trinajstić information content (AvgIpc) is 2.31. The van der Waals surface area contributed by atoms with Crippen molar-refractivity contribution in [3.8, 4) is 0 Å². The molecule has 0 spiro atoms. The minimum atomic E-state index is 0.196. The summed E-state index contributed by atoms with van der Waals surface area (Å²) in [5.74, 6) is 0.196. The lowest BCUT2D eigenvalue weighted by Gasteiger charge is -2.33. The third kappa shape index (κ3) is 2.61. The van der Waals surface area contributed by atoms with Gasteiger partial charge in [0.25, 0.3) is 0 Å². The normalized spacial score (nSPS) is 20.8. The van der Waals surface area contributed by atoms with Crippen LogP contribution >= 0.6 is 0 Å². The Morgan fingerprint density at radius 1 is 1.44 bits per heavy atom. The molecule has 1 aromatic rings. The summed E-state index contributed by atoms with van der Waals surface area (Å²) in [4.78, 5) is 14.0. The molecule has 1 aromatic carbocycles. The summed E-state index contributed by atoms with van der Waals surface area (Å²) in [6.45, 7) is 4.06. The van der Waals surface area contributed by atoms with Gasteiger partial charge < -0.3 is 9.64 Å². The van der Waals surface area contributed by atoms with Crippen LogP contribution < -0.4 is 0 Å². The monoisotopic (exact) mass is 219 g/mol. The molecule has 86 valence electrons. The van der Waals surface area contributed by atoms with Crippen molar-refractivity contribution in [3.63, 3.8) is 0 Å². The molecular formula is C13H17NO2. The number of carbonyl (C=O) groups excluding carboxylic acids is 1. The van der Waals surface area contributed by atoms with Crippen molar-refractivity contribution in [1.29, 1.82) is 0 Å². The molecular weight excluding hydrogens is 202 g/mol. The van der Waals surface area contributed by atoms with E-state index in [1.165, 1.54) is 0 Å². The fourth-order valence-corrected chi connectivity index (χ4v) is 1.97. The molecule has 1 aliphatic heterocycles. The highest BCUT2D eigenvalue weighted by Crippen LogP contribution is 2.09. The summed E-state index contributed by atoms with van der Waals surface area (Å²) in [6, 6.07) is 10.1. The largest absolute Gasteiger partial charge is 0.377 e. The minimum absolute atomic E-state index is 0.196. The molecule has 3 nitrogen and oxygen atoms in total. The van der Waals surface area contributed by atoms with Gasteiger partial charge in [-0.25, -0.2) is 0 Å². The maximum absolute atomic E-state index is 12.0. The zero-order valence-electron chi connectivity index (χ0n) is 9.56. The number of hydrogen-bond donors (Lipinski definition) is 0. The molecule has 2 rings (SSSR count). The molecule has 16 heavy (non-hydrogen) atoms. The summed E-state index contributed by atoms with van der Waals surface area (Å²) in [6.07, 6.45) is 0.491. The van der Waals surface area contributed by atoms with E-state index in [4.69, 9.17) is 4.74 Å². The molecule has 0 saturated carbocycles. The highest BCUT2D eigenvalue weighted by molar-refractivity contribution is 5.79. The molecule has 1 atom stereocenters. The summed E-state index contributed by atoms with van der Waals surface area (Å²) in [5, 5.41) is 0. The predicted octanol–water partition coefficient (Wildman–Crippen LogP) is 1.48. The lowest BCUT2D eigenvalue weighted by molar-refractivity contribution is -0.138. The van der Waals surface area contributed by atoms with E-state index in [1.807, 2.05) is 42.2 Å². The smallest absolute Gasteiger partial charge is 0.227 e. The Morgan fingerprint density at radius 3 is 2.88 bits per heavy atom. The third-order valence-electron chi connectivity index (χ3n) is 2.89. The van der Waals surface area contributed by atoms with Gasteiger partial charge in [-0.05, 0) is 12.5 Å². The van der Waals surface area contributed by atoms with Crippen LogP contribution in [-0.4, -0.2) is 36.6 Å². The average molecular weight is 219 g/mol. The van der Waals surface area contributed by atoms with Crippen LogP contribution in [0.4, 0.5) is 0 Å². The van der Waals surface area contributed by atoms with E-state index in [9.17, 15) is 4.79 Å². The van der Waals surface area contributed by atoms with Gasteiger partial charge in [-0.2, -0.15) is 0 Å². The van der Waals surface area contributed by atoms with Crippen LogP contribution in [0.1, 0.15) is 12.5 Å². The Bertz CT molecular complexity index is 350. The van der Waals surface area contributed by atoms with Gasteiger partial charge >= 0.3 is 0 Å². The number of morpholine rings is 1. The molecule has 0 aromatic heterocycles. The summed E-state index contributed by atoms with van der Waals surface area (Å²) < 4.78 is 5.32. The van der Waals surface area contributed by atoms with E-state index in [2.05, 4.69) is 0 Å². The van der Waals surface area contributed by atoms with Crippen molar-refractivity contribution in [3.05, 3.63) is 35.9 Å². The number of rotatable bonds is 2. The van der Waals surface area contributed by atoms with Crippen molar-refractivity contribution in [1.82, 2.24) is 4.90 Å². The molecule has 1 amide bonds. The van der Waals surface area contributed by atoms with Gasteiger partial charge in [0.15, 0.2) is 0 Å². The SMILES string of the molecule is CC1COCCN1C(=O)Cc1ccccc1. The third-order valence-corrected chi connectivity index (χ3v) is 2.89. The van der Waals surface area contributed by atoms with Crippen LogP contribution in [0, 0.1) is 0 Å². The molecule has 1 fully saturated rings. The van der Waals surface area contributed by atoms with E-state index in [-0.39, 0.29) is 11.9 Å². The van der Waals surface area contributed by atoms with Gasteiger partial charge in [0.2, 0.25) is 5.91 Å². The van der Waals surface area contributed by atoms with Gasteiger partial charge in [-0.3, -0.25) is 4.79 Å². The van der Waals surface area contributed by atoms with Gasteiger partial charge in [0.1, 0.15) is 0 Å². The molecule has 0 aliphatic carbocycles. The van der Waals surface area contributed by atoms with Crippen molar-refractivity contribution in [2.75, 3.05) is 19.8 Å². The van der Waals surface area contributed by atoms with E-state index >= 15 is 0 Å². The van der Waals surface area contributed by atoms with Crippen LogP contribution in [0.2, 0.25) is 0 Å². The molecule has 3 heteroatoms. The van der Waals surface area contributed by atoms with E-state index in [0.717, 1.165) is 5.56 Å². The van der Waals surface area contributed by atoms with Crippen LogP contribution in [0.5, 0.6) is 0 Å². The summed E-state index contributed by atoms with van der Waals surface area (Å²) in [7, 11) is 0. The topological polar surface area (TPSA) is 29.5 Å². The van der Waals surface area contributed by atoms with Crippen molar-refractivity contribution < 1.29 is 9.53 Å². The summed E-state index contributed by atoms with van der Waals surface area (Å²) in [5.41, 5.74) is 1.08. The van der Waals surface area contributed by atoms with E-state index in [0.29, 0.717) is 26.2 Å². The molecule has 1 unspecified atom stereocenters. The Morgan fingerprint density at radius 2 is 2.19 bits per heavy atom. The number of hydrogen-bond acceptors (Lipinski definition) is 2. The first kappa shape index (κ1) is 11.1. The van der Waals surface area contributed by atoms with E-state index < -0.39 is 0 Å². The van der Waals surface area contributed by atoms with Crippen LogP contribution in [0.15, 0.2) is 30.3 Å². The standard InChI is InChI=1S/C13H17NO2/c1-11-10-16-8-7-14(11)13(15)9-12-5-3-2-4-6-12/h2-6,11H,7-10H2,1H3. The maximum Gasteiger partial charge on any atom is 0.227 e. The Balaban J connectivity index is 1.97. The number of nitrogens with zero attached hydrogens (tertiary/aromatic N) is 1. The second-order valence-corrected chi connectivity index (χ2v) is 4.17. The highest BCUT2D eigenvalue weighted by Gasteiger charge is 2.23. The number of ether oxygens (including phenoxy) is 1. The second kappa shape index (κ2) is 5.12. The fourth-order valence-electron chi connectivity index (χ4n) is 1.97. The molecule has 0 N–H and O–H groups in total. The van der Waals surface area contributed by atoms with Gasteiger partial charge in [0, 0.05) is 6.54 Å². The highest BCUT2D eigenvalue weighted by atomic mass is 16.5. The van der Waals surface area contributed by atoms with Crippen LogP contribution in [0.3, 0.4) is 0 Å². The second-order valence-electron chi connectivity index (χ2n) is 4.17. The quantitative estimate of drug-likeness (QED) is 0.754. The predicted molar refractivity (Wildman–Crippen MR) is 62.1 cm³/mol. The van der Waals surface area contributed by atoms with Crippen molar-refractivity contribution in [2.24, 2.45) is 0 Å². The Kier molecular flexibility index (Phi) is 3.57. The number of carbonyl (C=O) groups is 1. The lowest BCUT2D eigenvalue weighted by atomic mass is 10.1. The first-order valence-corrected chi connectivity index (χ1v) is 5.68. The molecule has 1 saturated heterocycles. The molecule has 1 aliphatic rings. The zero-order chi connectivity index (χ0) is 11.4. The Labute approximate surface area is 96.0 Å². The van der Waals surface area contributed by atoms with Gasteiger partial charge in [-0.1, -0.05) is 30.3 Å². The Hall–Kier alpha value is -1.35. The van der Waals surface area contributed by atoms with Crippen molar-refractivity contribution in [2.45, 2.75) is 19.4 Å². The molecule has 1 heterocycles. The minimum Gasteiger partial charge on any atom is -0.377 e. The van der Waals surface area contributed by atoms with Gasteiger partial charge in [-0.15, -0.1) is 0 Å². The maximum atomic E-state index is 12.0. The number of amides is 1. The first-order valence-electron chi connectivity index (χ1n) is 5.68. The molecule has 0 radical (unpaired) electrons. The fraction of sp³-hybridized carbons (Fsp3) is 0.462. The lowest BCUT2D eigenvalue weighted by Crippen LogP contribution is -2.47. The number of benzene rings is 1. The van der Waals surface area contributed by atoms with Crippen LogP contribution in [-0.2, 0) is 16.0 Å². The summed E-state index contributed by atoms with van der Waals surface area (Å²) >= 11 is 0. The van der Waals surface area contributed by atoms with E-state index in [1.54, 1.807) is 0 Å². The van der Waals surface area contributed by atoms with Crippen LogP contribution in [0.25, 0.3) is 0 Å². The van der Waals surface area contributed by atoms with Crippen molar-refractivity contribution >= 4 is 5.91 Å². The van der Waals surface area contributed by atoms with Gasteiger partial charge in [0.05, 0.1) is 25.7 Å². The first-order chi connectivity index (χ1) is 7.77. The zero-order valence-corrected chi connectivity index (χ0v) is 9.56.